The van der Waals surface area contributed by atoms with Gasteiger partial charge in [-0.3, -0.25) is 4.90 Å². The lowest BCUT2D eigenvalue weighted by Gasteiger charge is -2.51. The lowest BCUT2D eigenvalue weighted by molar-refractivity contribution is 0.0125. The maximum atomic E-state index is 3.37. The normalized spacial score (nSPS) is 31.8. The SMILES string of the molecule is CC.CC.CN1C2CNCC1C2. The Bertz CT molecular complexity index is 90.0. The van der Waals surface area contributed by atoms with Gasteiger partial charge in [-0.2, -0.15) is 0 Å². The minimum atomic E-state index is 0.869. The topological polar surface area (TPSA) is 15.3 Å². The Morgan fingerprint density at radius 3 is 1.58 bits per heavy atom. The molecule has 3 heterocycles. The summed E-state index contributed by atoms with van der Waals surface area (Å²) in [5.41, 5.74) is 0. The number of hydrogen-bond acceptors (Lipinski definition) is 2. The van der Waals surface area contributed by atoms with Gasteiger partial charge in [0, 0.05) is 25.2 Å². The molecule has 2 bridgehead atoms. The van der Waals surface area contributed by atoms with E-state index in [2.05, 4.69) is 17.3 Å². The summed E-state index contributed by atoms with van der Waals surface area (Å²) in [5, 5.41) is 3.37. The molecule has 2 nitrogen and oxygen atoms in total. The average Bonchev–Trinajstić information content (AvgIpc) is 2.24. The van der Waals surface area contributed by atoms with Crippen molar-refractivity contribution in [2.24, 2.45) is 0 Å². The van der Waals surface area contributed by atoms with Crippen LogP contribution in [0.2, 0.25) is 0 Å². The monoisotopic (exact) mass is 172 g/mol. The zero-order chi connectivity index (χ0) is 9.56. The van der Waals surface area contributed by atoms with Crippen LogP contribution in [0.4, 0.5) is 0 Å². The average molecular weight is 172 g/mol. The third-order valence-corrected chi connectivity index (χ3v) is 2.46. The van der Waals surface area contributed by atoms with Crippen molar-refractivity contribution in [2.45, 2.75) is 46.2 Å². The molecule has 2 unspecified atom stereocenters. The molecular weight excluding hydrogens is 148 g/mol. The fourth-order valence-electron chi connectivity index (χ4n) is 1.68. The number of hydrogen-bond donors (Lipinski definition) is 1. The summed E-state index contributed by atoms with van der Waals surface area (Å²) in [6.07, 6.45) is 1.43. The fraction of sp³-hybridized carbons (Fsp3) is 1.00. The van der Waals surface area contributed by atoms with Gasteiger partial charge in [-0.1, -0.05) is 27.7 Å². The van der Waals surface area contributed by atoms with E-state index in [4.69, 9.17) is 0 Å². The number of nitrogens with zero attached hydrogens (tertiary/aromatic N) is 1. The van der Waals surface area contributed by atoms with Crippen molar-refractivity contribution in [3.8, 4) is 0 Å². The Balaban J connectivity index is 0.000000269. The summed E-state index contributed by atoms with van der Waals surface area (Å²) in [7, 11) is 2.22. The zero-order valence-corrected chi connectivity index (χ0v) is 9.22. The predicted molar refractivity (Wildman–Crippen MR) is 55.5 cm³/mol. The molecule has 3 rings (SSSR count). The van der Waals surface area contributed by atoms with Crippen molar-refractivity contribution in [1.29, 1.82) is 0 Å². The molecular formula is C10H24N2. The molecule has 0 aromatic heterocycles. The van der Waals surface area contributed by atoms with Crippen LogP contribution < -0.4 is 5.32 Å². The smallest absolute Gasteiger partial charge is 0.0236 e. The molecule has 0 aromatic carbocycles. The summed E-state index contributed by atoms with van der Waals surface area (Å²) >= 11 is 0. The first-order chi connectivity index (χ1) is 5.88. The summed E-state index contributed by atoms with van der Waals surface area (Å²) in [4.78, 5) is 2.47. The van der Waals surface area contributed by atoms with E-state index in [-0.39, 0.29) is 0 Å². The second kappa shape index (κ2) is 6.44. The molecule has 0 saturated carbocycles. The Labute approximate surface area is 77.3 Å². The van der Waals surface area contributed by atoms with Gasteiger partial charge in [0.15, 0.2) is 0 Å². The Morgan fingerprint density at radius 1 is 1.00 bits per heavy atom. The Hall–Kier alpha value is -0.0800. The van der Waals surface area contributed by atoms with Gasteiger partial charge in [-0.15, -0.1) is 0 Å². The number of piperidine rings is 1. The summed E-state index contributed by atoms with van der Waals surface area (Å²) in [5.74, 6) is 0. The van der Waals surface area contributed by atoms with Crippen molar-refractivity contribution in [1.82, 2.24) is 10.2 Å². The molecule has 3 fully saturated rings. The second-order valence-electron chi connectivity index (χ2n) is 2.87. The highest BCUT2D eigenvalue weighted by molar-refractivity contribution is 4.97. The summed E-state index contributed by atoms with van der Waals surface area (Å²) in [6, 6.07) is 1.74. The van der Waals surface area contributed by atoms with Crippen molar-refractivity contribution < 1.29 is 0 Å². The molecule has 0 radical (unpaired) electrons. The fourth-order valence-corrected chi connectivity index (χ4v) is 1.68. The van der Waals surface area contributed by atoms with Crippen LogP contribution >= 0.6 is 0 Å². The van der Waals surface area contributed by atoms with Crippen LogP contribution in [-0.2, 0) is 0 Å². The minimum Gasteiger partial charge on any atom is -0.314 e. The van der Waals surface area contributed by atoms with Crippen molar-refractivity contribution in [3.63, 3.8) is 0 Å². The minimum absolute atomic E-state index is 0.869. The van der Waals surface area contributed by atoms with Crippen LogP contribution in [0.5, 0.6) is 0 Å². The van der Waals surface area contributed by atoms with E-state index in [0.29, 0.717) is 0 Å². The molecule has 0 aromatic rings. The van der Waals surface area contributed by atoms with E-state index >= 15 is 0 Å². The van der Waals surface area contributed by atoms with Crippen LogP contribution in [0.3, 0.4) is 0 Å². The van der Waals surface area contributed by atoms with Crippen LogP contribution in [0.15, 0.2) is 0 Å². The van der Waals surface area contributed by atoms with Gasteiger partial charge in [-0.25, -0.2) is 0 Å². The van der Waals surface area contributed by atoms with Crippen LogP contribution in [0, 0.1) is 0 Å². The summed E-state index contributed by atoms with van der Waals surface area (Å²) < 4.78 is 0. The first-order valence-electron chi connectivity index (χ1n) is 5.30. The molecule has 0 spiro atoms. The van der Waals surface area contributed by atoms with Crippen molar-refractivity contribution in [3.05, 3.63) is 0 Å². The number of rotatable bonds is 0. The number of nitrogens with one attached hydrogen (secondary N) is 1. The van der Waals surface area contributed by atoms with Crippen LogP contribution in [-0.4, -0.2) is 37.1 Å². The van der Waals surface area contributed by atoms with Gasteiger partial charge in [-0.05, 0) is 13.5 Å². The second-order valence-corrected chi connectivity index (χ2v) is 2.87. The Kier molecular flexibility index (Phi) is 6.39. The molecule has 3 saturated heterocycles. The third-order valence-electron chi connectivity index (χ3n) is 2.46. The predicted octanol–water partition coefficient (Wildman–Crippen LogP) is 1.71. The van der Waals surface area contributed by atoms with Gasteiger partial charge in [0.05, 0.1) is 0 Å². The van der Waals surface area contributed by atoms with Gasteiger partial charge >= 0.3 is 0 Å². The van der Waals surface area contributed by atoms with Crippen molar-refractivity contribution >= 4 is 0 Å². The molecule has 0 aliphatic carbocycles. The van der Waals surface area contributed by atoms with Gasteiger partial charge in [0.25, 0.3) is 0 Å². The van der Waals surface area contributed by atoms with Gasteiger partial charge in [0.1, 0.15) is 0 Å². The number of piperazine rings is 1. The summed E-state index contributed by atoms with van der Waals surface area (Å²) in [6.45, 7) is 10.4. The standard InChI is InChI=1S/C6H12N2.2C2H6/c1-8-5-2-6(8)4-7-3-5;2*1-2/h5-7H,2-4H2,1H3;2*1-2H3. The highest BCUT2D eigenvalue weighted by Gasteiger charge is 2.37. The van der Waals surface area contributed by atoms with E-state index in [0.717, 1.165) is 12.1 Å². The highest BCUT2D eigenvalue weighted by atomic mass is 15.3. The lowest BCUT2D eigenvalue weighted by Crippen LogP contribution is -2.66. The number of fused-ring (bicyclic) bond motifs is 2. The lowest BCUT2D eigenvalue weighted by atomic mass is 9.90. The number of likely N-dealkylation sites (N-methyl/N-ethyl adjacent to an activating group) is 1. The zero-order valence-electron chi connectivity index (χ0n) is 9.22. The largest absolute Gasteiger partial charge is 0.314 e. The van der Waals surface area contributed by atoms with Gasteiger partial charge in [0.2, 0.25) is 0 Å². The first kappa shape index (κ1) is 11.9. The van der Waals surface area contributed by atoms with E-state index in [1.54, 1.807) is 0 Å². The molecule has 0 amide bonds. The quantitative estimate of drug-likeness (QED) is 0.598. The highest BCUT2D eigenvalue weighted by Crippen LogP contribution is 2.25. The van der Waals surface area contributed by atoms with Crippen LogP contribution in [0.25, 0.3) is 0 Å². The van der Waals surface area contributed by atoms with E-state index < -0.39 is 0 Å². The van der Waals surface area contributed by atoms with Gasteiger partial charge < -0.3 is 5.32 Å². The third kappa shape index (κ3) is 2.46. The molecule has 3 aliphatic heterocycles. The maximum Gasteiger partial charge on any atom is 0.0236 e. The van der Waals surface area contributed by atoms with E-state index in [9.17, 15) is 0 Å². The van der Waals surface area contributed by atoms with E-state index in [1.165, 1.54) is 19.5 Å². The van der Waals surface area contributed by atoms with E-state index in [1.807, 2.05) is 27.7 Å². The molecule has 2 atom stereocenters. The van der Waals surface area contributed by atoms with Crippen LogP contribution in [0.1, 0.15) is 34.1 Å². The Morgan fingerprint density at radius 2 is 1.42 bits per heavy atom. The molecule has 74 valence electrons. The molecule has 3 aliphatic rings. The molecule has 12 heavy (non-hydrogen) atoms. The maximum absolute atomic E-state index is 3.37. The molecule has 1 N–H and O–H groups in total. The molecule has 2 heteroatoms. The first-order valence-corrected chi connectivity index (χ1v) is 5.30. The van der Waals surface area contributed by atoms with Crippen molar-refractivity contribution in [2.75, 3.05) is 20.1 Å².